The Bertz CT molecular complexity index is 555. The van der Waals surface area contributed by atoms with Gasteiger partial charge in [0.2, 0.25) is 0 Å². The molecule has 0 aromatic heterocycles. The molecule has 140 valence electrons. The summed E-state index contributed by atoms with van der Waals surface area (Å²) in [6, 6.07) is 10.4. The van der Waals surface area contributed by atoms with E-state index >= 15 is 0 Å². The summed E-state index contributed by atoms with van der Waals surface area (Å²) in [4.78, 5) is 2.51. The fraction of sp³-hybridized carbons (Fsp3) is 0.684. The molecule has 0 radical (unpaired) electrons. The van der Waals surface area contributed by atoms with Crippen molar-refractivity contribution in [3.05, 3.63) is 28.7 Å². The molecule has 2 saturated heterocycles. The van der Waals surface area contributed by atoms with Crippen LogP contribution in [0.3, 0.4) is 0 Å². The van der Waals surface area contributed by atoms with Gasteiger partial charge in [0, 0.05) is 42.2 Å². The van der Waals surface area contributed by atoms with Gasteiger partial charge in [-0.2, -0.15) is 0 Å². The smallest absolute Gasteiger partial charge is 0.0623 e. The lowest BCUT2D eigenvalue weighted by Gasteiger charge is -2.34. The molecule has 1 aliphatic carbocycles. The lowest BCUT2D eigenvalue weighted by atomic mass is 9.93. The predicted molar refractivity (Wildman–Crippen MR) is 109 cm³/mol. The molecule has 4 nitrogen and oxygen atoms in total. The van der Waals surface area contributed by atoms with Gasteiger partial charge in [0.15, 0.2) is 0 Å². The predicted octanol–water partition coefficient (Wildman–Crippen LogP) is 3.20. The normalized spacial score (nSPS) is 32.6. The number of hydrogen-bond donors (Lipinski definition) is 2. The van der Waals surface area contributed by atoms with Crippen molar-refractivity contribution >= 4 is 34.0 Å². The third-order valence-electron chi connectivity index (χ3n) is 5.87. The molecule has 1 aromatic carbocycles. The second kappa shape index (κ2) is 9.05. The summed E-state index contributed by atoms with van der Waals surface area (Å²) in [5.74, 6) is 0.725. The molecular weight excluding hydrogens is 402 g/mol. The highest BCUT2D eigenvalue weighted by molar-refractivity contribution is 9.10. The summed E-state index contributed by atoms with van der Waals surface area (Å²) in [6.45, 7) is 5.01. The summed E-state index contributed by atoms with van der Waals surface area (Å²) >= 11 is 3.69. The van der Waals surface area contributed by atoms with E-state index in [9.17, 15) is 0 Å². The Morgan fingerprint density at radius 2 is 2.08 bits per heavy atom. The fourth-order valence-electron chi connectivity index (χ4n) is 4.66. The molecule has 1 aromatic rings. The van der Waals surface area contributed by atoms with Crippen LogP contribution in [0.4, 0.5) is 5.69 Å². The molecule has 0 amide bonds. The number of morpholine rings is 1. The standard InChI is InChI=1S/C19H28BrN3O.ClH/c20-16-5-1-2-7-19(16)23-10-8-14(12-23)22-17-6-3-4-15(17)18-13-24-11-9-21-18;/h1-2,5,7,14-15,17-18,21-22H,3-4,6,8-13H2;1H. The van der Waals surface area contributed by atoms with E-state index in [0.29, 0.717) is 18.1 Å². The lowest BCUT2D eigenvalue weighted by molar-refractivity contribution is 0.0518. The van der Waals surface area contributed by atoms with Gasteiger partial charge in [-0.1, -0.05) is 18.6 Å². The number of halogens is 2. The van der Waals surface area contributed by atoms with Crippen LogP contribution >= 0.6 is 28.3 Å². The molecule has 2 heterocycles. The van der Waals surface area contributed by atoms with E-state index in [4.69, 9.17) is 4.74 Å². The van der Waals surface area contributed by atoms with E-state index in [-0.39, 0.29) is 12.4 Å². The van der Waals surface area contributed by atoms with Crippen molar-refractivity contribution in [3.63, 3.8) is 0 Å². The molecule has 1 saturated carbocycles. The van der Waals surface area contributed by atoms with Crippen LogP contribution in [0, 0.1) is 5.92 Å². The van der Waals surface area contributed by atoms with Crippen molar-refractivity contribution in [1.82, 2.24) is 10.6 Å². The first-order valence-electron chi connectivity index (χ1n) is 9.38. The molecule has 0 spiro atoms. The molecular formula is C19H29BrClN3O. The first-order valence-corrected chi connectivity index (χ1v) is 10.2. The van der Waals surface area contributed by atoms with Crippen LogP contribution in [-0.4, -0.2) is 51.0 Å². The Morgan fingerprint density at radius 3 is 2.88 bits per heavy atom. The molecule has 25 heavy (non-hydrogen) atoms. The Kier molecular flexibility index (Phi) is 7.03. The molecule has 2 N–H and O–H groups in total. The molecule has 4 atom stereocenters. The molecule has 2 aliphatic heterocycles. The molecule has 0 bridgehead atoms. The minimum absolute atomic E-state index is 0. The maximum Gasteiger partial charge on any atom is 0.0623 e. The number of para-hydroxylation sites is 1. The number of anilines is 1. The second-order valence-corrected chi connectivity index (χ2v) is 8.24. The number of rotatable bonds is 4. The summed E-state index contributed by atoms with van der Waals surface area (Å²) < 4.78 is 6.90. The van der Waals surface area contributed by atoms with Gasteiger partial charge in [-0.05, 0) is 53.2 Å². The van der Waals surface area contributed by atoms with Crippen molar-refractivity contribution in [2.24, 2.45) is 5.92 Å². The summed E-state index contributed by atoms with van der Waals surface area (Å²) in [6.07, 6.45) is 5.23. The van der Waals surface area contributed by atoms with Crippen LogP contribution in [0.5, 0.6) is 0 Å². The highest BCUT2D eigenvalue weighted by Gasteiger charge is 2.36. The van der Waals surface area contributed by atoms with Crippen LogP contribution in [-0.2, 0) is 4.74 Å². The SMILES string of the molecule is Brc1ccccc1N1CCC(NC2CCCC2C2COCCN2)C1.Cl. The Morgan fingerprint density at radius 1 is 1.20 bits per heavy atom. The summed E-state index contributed by atoms with van der Waals surface area (Å²) in [7, 11) is 0. The van der Waals surface area contributed by atoms with Gasteiger partial charge in [-0.25, -0.2) is 0 Å². The average Bonchev–Trinajstić information content (AvgIpc) is 3.26. The van der Waals surface area contributed by atoms with E-state index in [1.807, 2.05) is 0 Å². The van der Waals surface area contributed by atoms with Gasteiger partial charge in [-0.15, -0.1) is 12.4 Å². The van der Waals surface area contributed by atoms with Crippen LogP contribution in [0.2, 0.25) is 0 Å². The Balaban J connectivity index is 0.00000182. The quantitative estimate of drug-likeness (QED) is 0.769. The van der Waals surface area contributed by atoms with Gasteiger partial charge in [-0.3, -0.25) is 0 Å². The minimum atomic E-state index is 0. The van der Waals surface area contributed by atoms with Gasteiger partial charge < -0.3 is 20.3 Å². The highest BCUT2D eigenvalue weighted by Crippen LogP contribution is 2.32. The largest absolute Gasteiger partial charge is 0.379 e. The average molecular weight is 431 g/mol. The first kappa shape index (κ1) is 19.4. The maximum absolute atomic E-state index is 5.70. The molecule has 3 fully saturated rings. The van der Waals surface area contributed by atoms with E-state index < -0.39 is 0 Å². The van der Waals surface area contributed by atoms with Crippen molar-refractivity contribution in [2.75, 3.05) is 37.7 Å². The third kappa shape index (κ3) is 4.51. The van der Waals surface area contributed by atoms with Crippen LogP contribution in [0.1, 0.15) is 25.7 Å². The third-order valence-corrected chi connectivity index (χ3v) is 6.54. The van der Waals surface area contributed by atoms with Crippen LogP contribution in [0.15, 0.2) is 28.7 Å². The highest BCUT2D eigenvalue weighted by atomic mass is 79.9. The zero-order valence-electron chi connectivity index (χ0n) is 14.6. The van der Waals surface area contributed by atoms with E-state index in [1.165, 1.54) is 35.8 Å². The maximum atomic E-state index is 5.70. The van der Waals surface area contributed by atoms with Gasteiger partial charge >= 0.3 is 0 Å². The molecule has 4 unspecified atom stereocenters. The van der Waals surface area contributed by atoms with E-state index in [1.54, 1.807) is 0 Å². The topological polar surface area (TPSA) is 36.5 Å². The first-order chi connectivity index (χ1) is 11.8. The summed E-state index contributed by atoms with van der Waals surface area (Å²) in [5.41, 5.74) is 1.33. The number of nitrogens with one attached hydrogen (secondary N) is 2. The van der Waals surface area contributed by atoms with Crippen molar-refractivity contribution in [2.45, 2.75) is 43.8 Å². The number of nitrogens with zero attached hydrogens (tertiary/aromatic N) is 1. The van der Waals surface area contributed by atoms with Gasteiger partial charge in [0.1, 0.15) is 0 Å². The van der Waals surface area contributed by atoms with E-state index in [2.05, 4.69) is 55.7 Å². The van der Waals surface area contributed by atoms with Crippen molar-refractivity contribution in [3.8, 4) is 0 Å². The molecule has 3 aliphatic rings. The van der Waals surface area contributed by atoms with Crippen molar-refractivity contribution in [1.29, 1.82) is 0 Å². The number of hydrogen-bond acceptors (Lipinski definition) is 4. The monoisotopic (exact) mass is 429 g/mol. The Labute approximate surface area is 165 Å². The summed E-state index contributed by atoms with van der Waals surface area (Å²) in [5, 5.41) is 7.67. The fourth-order valence-corrected chi connectivity index (χ4v) is 5.20. The zero-order chi connectivity index (χ0) is 16.4. The van der Waals surface area contributed by atoms with Crippen molar-refractivity contribution < 1.29 is 4.74 Å². The van der Waals surface area contributed by atoms with Gasteiger partial charge in [0.05, 0.1) is 18.9 Å². The Hall–Kier alpha value is -0.330. The molecule has 6 heteroatoms. The van der Waals surface area contributed by atoms with Crippen LogP contribution in [0.25, 0.3) is 0 Å². The zero-order valence-corrected chi connectivity index (χ0v) is 17.0. The second-order valence-electron chi connectivity index (χ2n) is 7.39. The lowest BCUT2D eigenvalue weighted by Crippen LogP contribution is -2.52. The van der Waals surface area contributed by atoms with Crippen LogP contribution < -0.4 is 15.5 Å². The minimum Gasteiger partial charge on any atom is -0.379 e. The van der Waals surface area contributed by atoms with Gasteiger partial charge in [0.25, 0.3) is 0 Å². The van der Waals surface area contributed by atoms with E-state index in [0.717, 1.165) is 38.8 Å². The number of benzene rings is 1. The molecule has 4 rings (SSSR count). The number of ether oxygens (including phenoxy) is 1.